The Kier molecular flexibility index (Phi) is 5.62. The van der Waals surface area contributed by atoms with Crippen molar-refractivity contribution in [2.45, 2.75) is 17.7 Å². The highest BCUT2D eigenvalue weighted by molar-refractivity contribution is 7.89. The van der Waals surface area contributed by atoms with Gasteiger partial charge in [0.15, 0.2) is 17.4 Å². The molecule has 0 aliphatic heterocycles. The Hall–Kier alpha value is -1.74. The number of nitrogens with two attached hydrogens (primary N) is 1. The number of primary sulfonamides is 1. The average Bonchev–Trinajstić information content (AvgIpc) is 2.35. The van der Waals surface area contributed by atoms with Gasteiger partial charge in [-0.05, 0) is 18.6 Å². The molecule has 0 atom stereocenters. The first-order chi connectivity index (χ1) is 9.62. The molecule has 0 saturated carbocycles. The molecule has 1 aromatic rings. The van der Waals surface area contributed by atoms with Gasteiger partial charge in [-0.15, -0.1) is 0 Å². The topological polar surface area (TPSA) is 89.7 Å². The van der Waals surface area contributed by atoms with Crippen molar-refractivity contribution in [1.82, 2.24) is 4.90 Å². The summed E-state index contributed by atoms with van der Waals surface area (Å²) in [6.45, 7) is -0.0812. The van der Waals surface area contributed by atoms with Crippen LogP contribution in [0.1, 0.15) is 12.8 Å². The first kappa shape index (κ1) is 17.3. The van der Waals surface area contributed by atoms with Crippen molar-refractivity contribution in [2.24, 2.45) is 5.14 Å². The first-order valence-corrected chi connectivity index (χ1v) is 7.52. The van der Waals surface area contributed by atoms with E-state index >= 15 is 0 Å². The summed E-state index contributed by atoms with van der Waals surface area (Å²) in [7, 11) is -1.01. The largest absolute Gasteiger partial charge is 0.488 e. The molecule has 0 saturated heterocycles. The number of sulfonamides is 1. The van der Waals surface area contributed by atoms with Crippen LogP contribution in [-0.4, -0.2) is 39.9 Å². The Bertz CT molecular complexity index is 609. The van der Waals surface area contributed by atoms with Crippen LogP contribution in [-0.2, 0) is 14.8 Å². The van der Waals surface area contributed by atoms with E-state index in [9.17, 15) is 22.0 Å². The van der Waals surface area contributed by atoms with E-state index in [4.69, 9.17) is 9.88 Å². The fourth-order valence-corrected chi connectivity index (χ4v) is 2.00. The molecule has 21 heavy (non-hydrogen) atoms. The van der Waals surface area contributed by atoms with Crippen LogP contribution in [0.25, 0.3) is 0 Å². The van der Waals surface area contributed by atoms with Crippen LogP contribution in [0.2, 0.25) is 0 Å². The minimum Gasteiger partial charge on any atom is -0.488 e. The van der Waals surface area contributed by atoms with Crippen LogP contribution in [0.3, 0.4) is 0 Å². The van der Waals surface area contributed by atoms with Crippen molar-refractivity contribution >= 4 is 15.9 Å². The minimum atomic E-state index is -4.20. The lowest BCUT2D eigenvalue weighted by Gasteiger charge is -2.11. The highest BCUT2D eigenvalue weighted by atomic mass is 32.2. The van der Waals surface area contributed by atoms with Crippen molar-refractivity contribution in [3.05, 3.63) is 23.8 Å². The van der Waals surface area contributed by atoms with Gasteiger partial charge in [0.1, 0.15) is 0 Å². The molecule has 0 aromatic heterocycles. The smallest absolute Gasteiger partial charge is 0.238 e. The Balaban J connectivity index is 2.71. The lowest BCUT2D eigenvalue weighted by molar-refractivity contribution is -0.128. The first-order valence-electron chi connectivity index (χ1n) is 5.97. The quantitative estimate of drug-likeness (QED) is 0.787. The van der Waals surface area contributed by atoms with Gasteiger partial charge in [0.25, 0.3) is 0 Å². The number of halogens is 2. The van der Waals surface area contributed by atoms with Crippen LogP contribution in [0, 0.1) is 11.6 Å². The SMILES string of the molecule is CN(C)C(=O)CCCOc1c(F)cc(S(N)(=O)=O)cc1F. The molecule has 1 rings (SSSR count). The van der Waals surface area contributed by atoms with Gasteiger partial charge in [-0.2, -0.15) is 0 Å². The molecule has 118 valence electrons. The van der Waals surface area contributed by atoms with Crippen LogP contribution < -0.4 is 9.88 Å². The number of benzene rings is 1. The number of amides is 1. The summed E-state index contributed by atoms with van der Waals surface area (Å²) < 4.78 is 54.1. The van der Waals surface area contributed by atoms with Crippen molar-refractivity contribution in [3.8, 4) is 5.75 Å². The molecule has 0 unspecified atom stereocenters. The number of hydrogen-bond donors (Lipinski definition) is 1. The molecule has 9 heteroatoms. The summed E-state index contributed by atoms with van der Waals surface area (Å²) in [5.41, 5.74) is 0. The van der Waals surface area contributed by atoms with Crippen LogP contribution >= 0.6 is 0 Å². The second-order valence-corrected chi connectivity index (χ2v) is 6.06. The van der Waals surface area contributed by atoms with Crippen molar-refractivity contribution in [2.75, 3.05) is 20.7 Å². The van der Waals surface area contributed by atoms with Crippen LogP contribution in [0.4, 0.5) is 8.78 Å². The van der Waals surface area contributed by atoms with E-state index in [0.717, 1.165) is 0 Å². The highest BCUT2D eigenvalue weighted by Crippen LogP contribution is 2.25. The van der Waals surface area contributed by atoms with Crippen LogP contribution in [0.15, 0.2) is 17.0 Å². The zero-order valence-electron chi connectivity index (χ0n) is 11.6. The Morgan fingerprint density at radius 2 is 1.81 bits per heavy atom. The molecular weight excluding hydrogens is 306 g/mol. The maximum Gasteiger partial charge on any atom is 0.238 e. The Labute approximate surface area is 121 Å². The number of carbonyl (C=O) groups excluding carboxylic acids is 1. The third-order valence-electron chi connectivity index (χ3n) is 2.58. The summed E-state index contributed by atoms with van der Waals surface area (Å²) in [6.07, 6.45) is 0.443. The molecule has 0 aliphatic rings. The van der Waals surface area contributed by atoms with Crippen molar-refractivity contribution in [1.29, 1.82) is 0 Å². The molecule has 2 N–H and O–H groups in total. The number of nitrogens with zero attached hydrogens (tertiary/aromatic N) is 1. The van der Waals surface area contributed by atoms with E-state index in [-0.39, 0.29) is 25.4 Å². The lowest BCUT2D eigenvalue weighted by atomic mass is 10.3. The van der Waals surface area contributed by atoms with Gasteiger partial charge in [-0.3, -0.25) is 4.79 Å². The molecule has 0 bridgehead atoms. The molecular formula is C12H16F2N2O4S. The molecule has 0 radical (unpaired) electrons. The Morgan fingerprint density at radius 1 is 1.29 bits per heavy atom. The summed E-state index contributed by atoms with van der Waals surface area (Å²) in [6, 6.07) is 1.16. The molecule has 1 amide bonds. The minimum absolute atomic E-state index is 0.0812. The third kappa shape index (κ3) is 4.94. The summed E-state index contributed by atoms with van der Waals surface area (Å²) in [4.78, 5) is 12.0. The number of carbonyl (C=O) groups is 1. The summed E-state index contributed by atoms with van der Waals surface area (Å²) in [5.74, 6) is -3.17. The summed E-state index contributed by atoms with van der Waals surface area (Å²) in [5, 5.41) is 4.78. The standard InChI is InChI=1S/C12H16F2N2O4S/c1-16(2)11(17)4-3-5-20-12-9(13)6-8(7-10(12)14)21(15,18)19/h6-7H,3-5H2,1-2H3,(H2,15,18,19). The van der Waals surface area contributed by atoms with E-state index in [1.165, 1.54) is 4.90 Å². The van der Waals surface area contributed by atoms with Crippen molar-refractivity contribution < 1.29 is 26.7 Å². The van der Waals surface area contributed by atoms with E-state index in [0.29, 0.717) is 12.1 Å². The summed E-state index contributed by atoms with van der Waals surface area (Å²) >= 11 is 0. The average molecular weight is 322 g/mol. The van der Waals surface area contributed by atoms with E-state index in [1.54, 1.807) is 14.1 Å². The normalized spacial score (nSPS) is 11.3. The number of hydrogen-bond acceptors (Lipinski definition) is 4. The number of ether oxygens (including phenoxy) is 1. The zero-order chi connectivity index (χ0) is 16.2. The lowest BCUT2D eigenvalue weighted by Crippen LogP contribution is -2.21. The highest BCUT2D eigenvalue weighted by Gasteiger charge is 2.18. The van der Waals surface area contributed by atoms with E-state index in [1.807, 2.05) is 0 Å². The van der Waals surface area contributed by atoms with Gasteiger partial charge in [-0.1, -0.05) is 0 Å². The van der Waals surface area contributed by atoms with Gasteiger partial charge in [0.05, 0.1) is 11.5 Å². The van der Waals surface area contributed by atoms with E-state index in [2.05, 4.69) is 0 Å². The fourth-order valence-electron chi connectivity index (χ4n) is 1.46. The van der Waals surface area contributed by atoms with Gasteiger partial charge >= 0.3 is 0 Å². The monoisotopic (exact) mass is 322 g/mol. The molecule has 0 fully saturated rings. The molecule has 6 nitrogen and oxygen atoms in total. The van der Waals surface area contributed by atoms with Gasteiger partial charge in [0.2, 0.25) is 15.9 Å². The second-order valence-electron chi connectivity index (χ2n) is 4.50. The van der Waals surface area contributed by atoms with Crippen molar-refractivity contribution in [3.63, 3.8) is 0 Å². The van der Waals surface area contributed by atoms with Gasteiger partial charge in [0, 0.05) is 20.5 Å². The number of rotatable bonds is 6. The predicted octanol–water partition coefficient (Wildman–Crippen LogP) is 0.859. The fraction of sp³-hybridized carbons (Fsp3) is 0.417. The predicted molar refractivity (Wildman–Crippen MR) is 71.2 cm³/mol. The second kappa shape index (κ2) is 6.81. The maximum atomic E-state index is 13.6. The van der Waals surface area contributed by atoms with Gasteiger partial charge in [-0.25, -0.2) is 22.3 Å². The maximum absolute atomic E-state index is 13.6. The molecule has 0 aliphatic carbocycles. The molecule has 0 heterocycles. The van der Waals surface area contributed by atoms with Crippen LogP contribution in [0.5, 0.6) is 5.75 Å². The zero-order valence-corrected chi connectivity index (χ0v) is 12.4. The third-order valence-corrected chi connectivity index (χ3v) is 3.47. The molecule has 1 aromatic carbocycles. The molecule has 0 spiro atoms. The Morgan fingerprint density at radius 3 is 2.24 bits per heavy atom. The van der Waals surface area contributed by atoms with Gasteiger partial charge < -0.3 is 9.64 Å². The van der Waals surface area contributed by atoms with E-state index < -0.39 is 32.3 Å².